The molecule has 9 aromatic rings. The fourth-order valence-corrected chi connectivity index (χ4v) is 10.9. The van der Waals surface area contributed by atoms with Crippen molar-refractivity contribution in [1.29, 1.82) is 0 Å². The zero-order valence-electron chi connectivity index (χ0n) is 88.2. The lowest BCUT2D eigenvalue weighted by molar-refractivity contribution is 0.273. The van der Waals surface area contributed by atoms with Crippen molar-refractivity contribution >= 4 is 0 Å². The van der Waals surface area contributed by atoms with Gasteiger partial charge < -0.3 is 52.1 Å². The third kappa shape index (κ3) is 66.8. The van der Waals surface area contributed by atoms with Crippen molar-refractivity contribution in [1.82, 2.24) is 0 Å². The van der Waals surface area contributed by atoms with Crippen molar-refractivity contribution in [2.75, 3.05) is 73.7 Å². The zero-order chi connectivity index (χ0) is 98.4. The van der Waals surface area contributed by atoms with Crippen LogP contribution >= 0.6 is 0 Å². The zero-order valence-corrected chi connectivity index (χ0v) is 88.2. The molecule has 9 rings (SSSR count). The van der Waals surface area contributed by atoms with Crippen LogP contribution in [0.25, 0.3) is 0 Å². The van der Waals surface area contributed by atoms with E-state index >= 15 is 0 Å². The van der Waals surface area contributed by atoms with Crippen molar-refractivity contribution in [3.05, 3.63) is 268 Å². The van der Waals surface area contributed by atoms with Crippen molar-refractivity contribution in [2.24, 2.45) is 59.2 Å². The van der Waals surface area contributed by atoms with Gasteiger partial charge in [-0.15, -0.1) is 6.58 Å². The van der Waals surface area contributed by atoms with Crippen LogP contribution in [0.4, 0.5) is 4.39 Å². The number of benzene rings is 9. The van der Waals surface area contributed by atoms with Crippen LogP contribution in [0.5, 0.6) is 63.2 Å². The van der Waals surface area contributed by atoms with Gasteiger partial charge in [0.1, 0.15) is 51.7 Å². The van der Waals surface area contributed by atoms with Crippen LogP contribution < -0.4 is 52.1 Å². The Morgan fingerprint density at radius 1 is 0.273 bits per heavy atom. The predicted molar refractivity (Wildman–Crippen MR) is 569 cm³/mol. The molecule has 0 spiro atoms. The molecule has 9 aromatic carbocycles. The molecular weight excluding hydrogens is 1640 g/mol. The van der Waals surface area contributed by atoms with E-state index in [1.165, 1.54) is 55.6 Å². The van der Waals surface area contributed by atoms with Crippen LogP contribution in [0.2, 0.25) is 0 Å². The fourth-order valence-electron chi connectivity index (χ4n) is 10.9. The standard InChI is InChI=1S/C15H22O2.4C13H20O.C12H18O2.2C12H18O.C11H16O.C5H11F.CH4/c1-5-6-13-7-8-14(15(11-13)16-4)17-10-9-12(2)3;1-10(2)7-8-14-13-6-5-11(3)12(4)9-13;1-10(2)8-9-14-13-7-5-6-11(3)12(13)4;1-10(2)8-9-14-13-11(3)6-5-7-12(13)4;1-4-12-5-7-13(8-6-12)14-10-9-11(2)3;1-10(2)7-8-14-12-6-4-5-11(9-12)13-3;1-10(2)8-9-13-12-6-4-11(3)5-7-12;1-10(2)8-9-13-12-7-5-4-6-11(12)3;1-10(2)8-9-12-11-6-4-3-5-7-11;1-4(2)5(3)6;/h5,7-8,11-12H,1,6,9-10H2,2-4H3;5-6,9-10H,7-8H2,1-4H3;2*5-7,10H,8-9H2,1-4H3;5-8,11H,4,9-10H2,1-3H3;4-6,9-10H,7-8H2,1-3H3;2*4-7,10H,8-9H2,1-3H3;3-7,10H,8-9H2,1-2H3;4-5H,1-3H3;1H4. The molecule has 0 bridgehead atoms. The minimum absolute atomic E-state index is 0. The minimum atomic E-state index is -0.648. The van der Waals surface area contributed by atoms with Crippen molar-refractivity contribution < 1.29 is 56.5 Å². The SMILES string of the molecule is C.C=CCc1ccc(OCCC(C)C)c(OC)c1.CC(C)C(C)F.CC(C)CCOc1ccccc1.CCc1ccc(OCCC(C)C)cc1.COc1cccc(OCCC(C)C)c1.Cc1ccc(OCCC(C)C)cc1.Cc1ccc(OCCC(C)C)cc1C.Cc1cccc(C)c1OCCC(C)C.Cc1cccc(OCCC(C)C)c1C.Cc1ccccc1OCCC(C)C. The van der Waals surface area contributed by atoms with Gasteiger partial charge in [0.05, 0.1) is 79.9 Å². The molecule has 0 saturated carbocycles. The predicted octanol–water partition coefficient (Wildman–Crippen LogP) is 34.4. The average Bonchev–Trinajstić information content (AvgIpc) is 0.865. The van der Waals surface area contributed by atoms with E-state index in [1.54, 1.807) is 21.1 Å². The van der Waals surface area contributed by atoms with Gasteiger partial charge in [-0.2, -0.15) is 0 Å². The van der Waals surface area contributed by atoms with Crippen LogP contribution in [0.1, 0.15) is 273 Å². The van der Waals surface area contributed by atoms with Crippen molar-refractivity contribution in [3.63, 3.8) is 0 Å². The largest absolute Gasteiger partial charge is 0.497 e. The Morgan fingerprint density at radius 2 is 0.598 bits per heavy atom. The molecule has 12 heteroatoms. The number of aryl methyl sites for hydroxylation is 8. The first-order valence-electron chi connectivity index (χ1n) is 48.9. The quantitative estimate of drug-likeness (QED) is 0.0342. The highest BCUT2D eigenvalue weighted by molar-refractivity contribution is 5.44. The second kappa shape index (κ2) is 76.8. The summed E-state index contributed by atoms with van der Waals surface area (Å²) in [6.45, 7) is 75.0. The topological polar surface area (TPSA) is 102 Å². The number of allylic oxidation sites excluding steroid dienone is 1. The Hall–Kier alpha value is -9.55. The smallest absolute Gasteiger partial charge is 0.161 e. The minimum Gasteiger partial charge on any atom is -0.497 e. The maximum absolute atomic E-state index is 11.8. The molecule has 0 saturated heterocycles. The lowest BCUT2D eigenvalue weighted by atomic mass is 10.1. The normalized spacial score (nSPS) is 10.6. The van der Waals surface area contributed by atoms with E-state index in [4.69, 9.17) is 52.1 Å². The highest BCUT2D eigenvalue weighted by atomic mass is 19.1. The summed E-state index contributed by atoms with van der Waals surface area (Å²) in [5, 5.41) is 0. The summed E-state index contributed by atoms with van der Waals surface area (Å²) in [7, 11) is 3.33. The van der Waals surface area contributed by atoms with Gasteiger partial charge in [0.15, 0.2) is 11.5 Å². The first-order chi connectivity index (χ1) is 62.2. The molecule has 740 valence electrons. The molecule has 0 aliphatic rings. The number of ether oxygens (including phenoxy) is 11. The fraction of sp³-hybridized carbons (Fsp3) is 0.533. The third-order valence-corrected chi connectivity index (χ3v) is 20.8. The molecule has 0 aliphatic heterocycles. The van der Waals surface area contributed by atoms with E-state index in [2.05, 4.69) is 278 Å². The lowest BCUT2D eigenvalue weighted by Crippen LogP contribution is -2.03. The van der Waals surface area contributed by atoms with Crippen LogP contribution in [-0.4, -0.2) is 79.9 Å². The third-order valence-electron chi connectivity index (χ3n) is 20.8. The van der Waals surface area contributed by atoms with E-state index in [9.17, 15) is 4.39 Å². The van der Waals surface area contributed by atoms with Gasteiger partial charge >= 0.3 is 0 Å². The molecule has 1 unspecified atom stereocenters. The van der Waals surface area contributed by atoms with E-state index in [-0.39, 0.29) is 13.3 Å². The van der Waals surface area contributed by atoms with Gasteiger partial charge in [0, 0.05) is 6.07 Å². The Morgan fingerprint density at radius 3 is 1.01 bits per heavy atom. The molecule has 0 radical (unpaired) electrons. The highest BCUT2D eigenvalue weighted by Crippen LogP contribution is 2.30. The monoisotopic (exact) mass is 1820 g/mol. The molecule has 0 amide bonds. The number of hydrogen-bond donors (Lipinski definition) is 0. The second-order valence-electron chi connectivity index (χ2n) is 37.9. The first-order valence-corrected chi connectivity index (χ1v) is 48.9. The summed E-state index contributed by atoms with van der Waals surface area (Å²) in [5.74, 6) is 16.9. The van der Waals surface area contributed by atoms with Crippen molar-refractivity contribution in [3.8, 4) is 63.2 Å². The number of hydrogen-bond acceptors (Lipinski definition) is 11. The summed E-state index contributed by atoms with van der Waals surface area (Å²) in [6.07, 6.45) is 13.1. The Labute approximate surface area is 808 Å². The number of rotatable bonds is 42. The summed E-state index contributed by atoms with van der Waals surface area (Å²) in [5.41, 5.74) is 12.7. The number of alkyl halides is 1. The van der Waals surface area contributed by atoms with Gasteiger partial charge in [-0.05, 0) is 327 Å². The Bertz CT molecular complexity index is 4210. The average molecular weight is 1820 g/mol. The Balaban J connectivity index is 0. The molecule has 0 aliphatic carbocycles. The lowest BCUT2D eigenvalue weighted by Gasteiger charge is -2.12. The number of methoxy groups -OCH3 is 2. The number of para-hydroxylation sites is 3. The van der Waals surface area contributed by atoms with Crippen molar-refractivity contribution in [2.45, 2.75) is 292 Å². The maximum atomic E-state index is 11.8. The van der Waals surface area contributed by atoms with Gasteiger partial charge in [-0.25, -0.2) is 4.39 Å². The van der Waals surface area contributed by atoms with Crippen LogP contribution in [-0.2, 0) is 12.8 Å². The summed E-state index contributed by atoms with van der Waals surface area (Å²) in [6, 6.07) is 67.1. The molecule has 0 heterocycles. The molecule has 1 atom stereocenters. The second-order valence-corrected chi connectivity index (χ2v) is 37.9. The van der Waals surface area contributed by atoms with Gasteiger partial charge in [-0.1, -0.05) is 274 Å². The van der Waals surface area contributed by atoms with Gasteiger partial charge in [0.25, 0.3) is 0 Å². The van der Waals surface area contributed by atoms with Gasteiger partial charge in [-0.3, -0.25) is 0 Å². The van der Waals surface area contributed by atoms with E-state index in [1.807, 2.05) is 135 Å². The van der Waals surface area contributed by atoms with Crippen LogP contribution in [0.3, 0.4) is 0 Å². The molecule has 132 heavy (non-hydrogen) atoms. The highest BCUT2D eigenvalue weighted by Gasteiger charge is 2.10. The molecule has 0 N–H and O–H groups in total. The first kappa shape index (κ1) is 124. The summed E-state index contributed by atoms with van der Waals surface area (Å²) >= 11 is 0. The van der Waals surface area contributed by atoms with Gasteiger partial charge in [0.2, 0.25) is 0 Å². The Kier molecular flexibility index (Phi) is 72.5. The molecule has 0 fully saturated rings. The van der Waals surface area contributed by atoms with E-state index < -0.39 is 6.17 Å². The summed E-state index contributed by atoms with van der Waals surface area (Å²) < 4.78 is 73.1. The maximum Gasteiger partial charge on any atom is 0.161 e. The molecular formula is C120H187FO11. The van der Waals surface area contributed by atoms with Crippen LogP contribution in [0.15, 0.2) is 213 Å². The summed E-state index contributed by atoms with van der Waals surface area (Å²) in [4.78, 5) is 0. The number of halogens is 1. The van der Waals surface area contributed by atoms with Crippen LogP contribution in [0, 0.1) is 115 Å². The van der Waals surface area contributed by atoms with E-state index in [0.717, 1.165) is 193 Å². The molecule has 0 aromatic heterocycles. The van der Waals surface area contributed by atoms with E-state index in [0.29, 0.717) is 53.3 Å². The molecule has 11 nitrogen and oxygen atoms in total.